The van der Waals surface area contributed by atoms with Crippen LogP contribution in [0.5, 0.6) is 5.75 Å². The van der Waals surface area contributed by atoms with Crippen molar-refractivity contribution < 1.29 is 9.53 Å². The molecule has 0 saturated heterocycles. The maximum atomic E-state index is 12.3. The van der Waals surface area contributed by atoms with Gasteiger partial charge in [0.2, 0.25) is 5.91 Å². The standard InChI is InChI=1S/C21H20ClN3O2S2/c1-14-11-20(25-21(23-14)29-12-15-7-9-16(22)10-8-15)28-13-19(26)24-17-5-3-4-6-18(17)27-2/h3-11H,12-13H2,1-2H3,(H,24,26). The number of aryl methyl sites for hydroxylation is 1. The Bertz CT molecular complexity index is 984. The van der Waals surface area contributed by atoms with Gasteiger partial charge in [0.1, 0.15) is 10.8 Å². The zero-order valence-corrected chi connectivity index (χ0v) is 18.4. The van der Waals surface area contributed by atoms with E-state index in [1.807, 2.05) is 55.5 Å². The molecular weight excluding hydrogens is 426 g/mol. The molecule has 1 heterocycles. The summed E-state index contributed by atoms with van der Waals surface area (Å²) in [5, 5.41) is 5.04. The van der Waals surface area contributed by atoms with Gasteiger partial charge in [-0.1, -0.05) is 59.4 Å². The summed E-state index contributed by atoms with van der Waals surface area (Å²) in [6.07, 6.45) is 0. The maximum absolute atomic E-state index is 12.3. The van der Waals surface area contributed by atoms with E-state index in [9.17, 15) is 4.79 Å². The van der Waals surface area contributed by atoms with Crippen molar-refractivity contribution in [2.75, 3.05) is 18.2 Å². The van der Waals surface area contributed by atoms with Crippen LogP contribution in [0.3, 0.4) is 0 Å². The molecule has 0 atom stereocenters. The molecule has 0 aliphatic carbocycles. The molecule has 1 amide bonds. The summed E-state index contributed by atoms with van der Waals surface area (Å²) in [4.78, 5) is 21.4. The van der Waals surface area contributed by atoms with Crippen molar-refractivity contribution in [2.24, 2.45) is 0 Å². The van der Waals surface area contributed by atoms with Gasteiger partial charge in [-0.3, -0.25) is 4.79 Å². The van der Waals surface area contributed by atoms with E-state index in [0.717, 1.165) is 27.1 Å². The van der Waals surface area contributed by atoms with Crippen LogP contribution in [0.2, 0.25) is 5.02 Å². The monoisotopic (exact) mass is 445 g/mol. The smallest absolute Gasteiger partial charge is 0.234 e. The SMILES string of the molecule is COc1ccccc1NC(=O)CSc1cc(C)nc(SCc2ccc(Cl)cc2)n1. The quantitative estimate of drug-likeness (QED) is 0.282. The number of nitrogens with zero attached hydrogens (tertiary/aromatic N) is 2. The Morgan fingerprint density at radius 2 is 1.86 bits per heavy atom. The number of anilines is 1. The molecule has 0 unspecified atom stereocenters. The number of rotatable bonds is 8. The largest absolute Gasteiger partial charge is 0.495 e. The maximum Gasteiger partial charge on any atom is 0.234 e. The van der Waals surface area contributed by atoms with E-state index >= 15 is 0 Å². The van der Waals surface area contributed by atoms with Gasteiger partial charge in [-0.05, 0) is 42.8 Å². The van der Waals surface area contributed by atoms with Crippen LogP contribution in [0.15, 0.2) is 64.8 Å². The highest BCUT2D eigenvalue weighted by Crippen LogP contribution is 2.26. The van der Waals surface area contributed by atoms with Crippen molar-refractivity contribution in [3.8, 4) is 5.75 Å². The number of benzene rings is 2. The second-order valence-corrected chi connectivity index (χ2v) is 8.46. The molecule has 150 valence electrons. The fourth-order valence-electron chi connectivity index (χ4n) is 2.45. The minimum Gasteiger partial charge on any atom is -0.495 e. The van der Waals surface area contributed by atoms with Crippen molar-refractivity contribution in [2.45, 2.75) is 22.9 Å². The summed E-state index contributed by atoms with van der Waals surface area (Å²) in [7, 11) is 1.58. The summed E-state index contributed by atoms with van der Waals surface area (Å²) < 4.78 is 5.26. The van der Waals surface area contributed by atoms with E-state index in [0.29, 0.717) is 16.6 Å². The van der Waals surface area contributed by atoms with Crippen LogP contribution >= 0.6 is 35.1 Å². The van der Waals surface area contributed by atoms with E-state index in [1.54, 1.807) is 24.9 Å². The summed E-state index contributed by atoms with van der Waals surface area (Å²) in [5.74, 6) is 1.50. The van der Waals surface area contributed by atoms with Crippen LogP contribution in [-0.4, -0.2) is 28.7 Å². The molecule has 29 heavy (non-hydrogen) atoms. The number of para-hydroxylation sites is 2. The van der Waals surface area contributed by atoms with Gasteiger partial charge in [-0.2, -0.15) is 0 Å². The number of ether oxygens (including phenoxy) is 1. The number of thioether (sulfide) groups is 2. The zero-order valence-electron chi connectivity index (χ0n) is 16.0. The van der Waals surface area contributed by atoms with Gasteiger partial charge in [-0.15, -0.1) is 0 Å². The Kier molecular flexibility index (Phi) is 7.80. The zero-order chi connectivity index (χ0) is 20.6. The summed E-state index contributed by atoms with van der Waals surface area (Å²) in [6, 6.07) is 16.9. The summed E-state index contributed by atoms with van der Waals surface area (Å²) in [5.41, 5.74) is 2.67. The van der Waals surface area contributed by atoms with Crippen molar-refractivity contribution in [3.05, 3.63) is 70.9 Å². The number of carbonyl (C=O) groups is 1. The van der Waals surface area contributed by atoms with Crippen LogP contribution < -0.4 is 10.1 Å². The molecule has 0 saturated carbocycles. The minimum absolute atomic E-state index is 0.119. The number of methoxy groups -OCH3 is 1. The molecule has 0 fully saturated rings. The first-order valence-corrected chi connectivity index (χ1v) is 11.2. The van der Waals surface area contributed by atoms with Crippen LogP contribution in [0.4, 0.5) is 5.69 Å². The molecule has 0 aliphatic rings. The number of hydrogen-bond donors (Lipinski definition) is 1. The third-order valence-corrected chi connectivity index (χ3v) is 5.91. The van der Waals surface area contributed by atoms with Gasteiger partial charge < -0.3 is 10.1 Å². The number of hydrogen-bond acceptors (Lipinski definition) is 6. The van der Waals surface area contributed by atoms with Gasteiger partial charge in [0, 0.05) is 16.5 Å². The van der Waals surface area contributed by atoms with E-state index in [2.05, 4.69) is 15.3 Å². The number of halogens is 1. The number of carbonyl (C=O) groups excluding carboxylic acids is 1. The van der Waals surface area contributed by atoms with Gasteiger partial charge in [0.15, 0.2) is 5.16 Å². The second-order valence-electron chi connectivity index (χ2n) is 6.08. The molecule has 0 radical (unpaired) electrons. The predicted molar refractivity (Wildman–Crippen MR) is 120 cm³/mol. The molecular formula is C21H20ClN3O2S2. The highest BCUT2D eigenvalue weighted by Gasteiger charge is 2.10. The number of aromatic nitrogens is 2. The first-order chi connectivity index (χ1) is 14.0. The van der Waals surface area contributed by atoms with Crippen LogP contribution in [-0.2, 0) is 10.5 Å². The molecule has 0 spiro atoms. The lowest BCUT2D eigenvalue weighted by molar-refractivity contribution is -0.113. The lowest BCUT2D eigenvalue weighted by Crippen LogP contribution is -2.14. The lowest BCUT2D eigenvalue weighted by Gasteiger charge is -2.10. The predicted octanol–water partition coefficient (Wildman–Crippen LogP) is 5.47. The Labute approximate surface area is 183 Å². The lowest BCUT2D eigenvalue weighted by atomic mass is 10.2. The average molecular weight is 446 g/mol. The van der Waals surface area contributed by atoms with E-state index < -0.39 is 0 Å². The fourth-order valence-corrected chi connectivity index (χ4v) is 4.25. The molecule has 3 rings (SSSR count). The highest BCUT2D eigenvalue weighted by atomic mass is 35.5. The third-order valence-electron chi connectivity index (χ3n) is 3.82. The van der Waals surface area contributed by atoms with Crippen LogP contribution in [0.1, 0.15) is 11.3 Å². The third kappa shape index (κ3) is 6.66. The van der Waals surface area contributed by atoms with Gasteiger partial charge in [0.05, 0.1) is 18.6 Å². The van der Waals surface area contributed by atoms with Crippen molar-refractivity contribution >= 4 is 46.7 Å². The topological polar surface area (TPSA) is 64.1 Å². The molecule has 8 heteroatoms. The molecule has 1 aromatic heterocycles. The molecule has 0 bridgehead atoms. The van der Waals surface area contributed by atoms with E-state index in [-0.39, 0.29) is 11.7 Å². The Morgan fingerprint density at radius 1 is 1.10 bits per heavy atom. The molecule has 1 N–H and O–H groups in total. The Balaban J connectivity index is 1.57. The second kappa shape index (κ2) is 10.5. The molecule has 2 aromatic carbocycles. The van der Waals surface area contributed by atoms with Gasteiger partial charge >= 0.3 is 0 Å². The average Bonchev–Trinajstić information content (AvgIpc) is 2.72. The summed E-state index contributed by atoms with van der Waals surface area (Å²) in [6.45, 7) is 1.92. The van der Waals surface area contributed by atoms with Crippen molar-refractivity contribution in [3.63, 3.8) is 0 Å². The highest BCUT2D eigenvalue weighted by molar-refractivity contribution is 8.00. The molecule has 5 nitrogen and oxygen atoms in total. The number of nitrogens with one attached hydrogen (secondary N) is 1. The molecule has 3 aromatic rings. The van der Waals surface area contributed by atoms with E-state index in [4.69, 9.17) is 16.3 Å². The van der Waals surface area contributed by atoms with Crippen LogP contribution in [0, 0.1) is 6.92 Å². The first-order valence-electron chi connectivity index (χ1n) is 8.82. The summed E-state index contributed by atoms with van der Waals surface area (Å²) >= 11 is 8.86. The van der Waals surface area contributed by atoms with Gasteiger partial charge in [0.25, 0.3) is 0 Å². The normalized spacial score (nSPS) is 10.6. The Morgan fingerprint density at radius 3 is 2.62 bits per heavy atom. The fraction of sp³-hybridized carbons (Fsp3) is 0.190. The minimum atomic E-state index is -0.119. The molecule has 0 aliphatic heterocycles. The van der Waals surface area contributed by atoms with Crippen molar-refractivity contribution in [1.29, 1.82) is 0 Å². The van der Waals surface area contributed by atoms with Crippen LogP contribution in [0.25, 0.3) is 0 Å². The first kappa shape index (κ1) is 21.5. The van der Waals surface area contributed by atoms with E-state index in [1.165, 1.54) is 11.8 Å². The number of amides is 1. The van der Waals surface area contributed by atoms with Crippen molar-refractivity contribution in [1.82, 2.24) is 9.97 Å². The Hall–Kier alpha value is -2.22. The van der Waals surface area contributed by atoms with Gasteiger partial charge in [-0.25, -0.2) is 9.97 Å².